The Labute approximate surface area is 142 Å². The Balaban J connectivity index is 1.41. The average molecular weight is 324 g/mol. The van der Waals surface area contributed by atoms with E-state index < -0.39 is 0 Å². The van der Waals surface area contributed by atoms with Crippen molar-refractivity contribution in [2.24, 2.45) is 5.92 Å². The molecule has 0 bridgehead atoms. The quantitative estimate of drug-likeness (QED) is 0.871. The van der Waals surface area contributed by atoms with E-state index in [4.69, 9.17) is 0 Å². The summed E-state index contributed by atoms with van der Waals surface area (Å²) < 4.78 is 0. The molecule has 1 aromatic carbocycles. The molecule has 2 fully saturated rings. The number of amides is 1. The zero-order chi connectivity index (χ0) is 16.4. The Morgan fingerprint density at radius 2 is 1.88 bits per heavy atom. The Hall–Kier alpha value is -2.17. The summed E-state index contributed by atoms with van der Waals surface area (Å²) in [4.78, 5) is 25.3. The molecule has 126 valence electrons. The molecule has 0 N–H and O–H groups in total. The summed E-state index contributed by atoms with van der Waals surface area (Å²) in [5.41, 5.74) is 1.00. The molecule has 2 aliphatic rings. The third kappa shape index (κ3) is 3.07. The first-order valence-corrected chi connectivity index (χ1v) is 9.04. The van der Waals surface area contributed by atoms with Crippen molar-refractivity contribution in [2.45, 2.75) is 32.1 Å². The highest BCUT2D eigenvalue weighted by Crippen LogP contribution is 2.28. The second-order valence-electron chi connectivity index (χ2n) is 6.94. The third-order valence-electron chi connectivity index (χ3n) is 5.34. The molecule has 2 saturated heterocycles. The maximum Gasteiger partial charge on any atom is 0.222 e. The first-order chi connectivity index (χ1) is 11.8. The van der Waals surface area contributed by atoms with Crippen molar-refractivity contribution >= 4 is 22.6 Å². The molecule has 2 aromatic rings. The minimum absolute atomic E-state index is 0.352. The number of anilines is 1. The number of rotatable bonds is 3. The summed E-state index contributed by atoms with van der Waals surface area (Å²) in [5.74, 6) is 2.02. The first-order valence-electron chi connectivity index (χ1n) is 9.04. The predicted octanol–water partition coefficient (Wildman–Crippen LogP) is 2.86. The Kier molecular flexibility index (Phi) is 4.32. The monoisotopic (exact) mass is 324 g/mol. The van der Waals surface area contributed by atoms with Crippen molar-refractivity contribution < 1.29 is 4.79 Å². The molecule has 0 aliphatic carbocycles. The van der Waals surface area contributed by atoms with Crippen LogP contribution in [0.4, 0.5) is 5.82 Å². The molecule has 24 heavy (non-hydrogen) atoms. The van der Waals surface area contributed by atoms with Crippen molar-refractivity contribution in [3.8, 4) is 0 Å². The number of nitrogens with zero attached hydrogens (tertiary/aromatic N) is 4. The SMILES string of the molecule is O=C1CCCCN1CC1CCN(c2ncnc3ccccc23)CC1. The molecule has 0 spiro atoms. The number of piperidine rings is 2. The van der Waals surface area contributed by atoms with Crippen LogP contribution in [-0.2, 0) is 4.79 Å². The van der Waals surface area contributed by atoms with Gasteiger partial charge in [-0.15, -0.1) is 0 Å². The second kappa shape index (κ2) is 6.75. The highest BCUT2D eigenvalue weighted by molar-refractivity contribution is 5.89. The van der Waals surface area contributed by atoms with Crippen LogP contribution in [0.15, 0.2) is 30.6 Å². The van der Waals surface area contributed by atoms with Crippen molar-refractivity contribution in [2.75, 3.05) is 31.1 Å². The third-order valence-corrected chi connectivity index (χ3v) is 5.34. The fraction of sp³-hybridized carbons (Fsp3) is 0.526. The summed E-state index contributed by atoms with van der Waals surface area (Å²) in [6.45, 7) is 3.91. The van der Waals surface area contributed by atoms with Crippen LogP contribution < -0.4 is 4.90 Å². The van der Waals surface area contributed by atoms with Crippen LogP contribution in [0.2, 0.25) is 0 Å². The topological polar surface area (TPSA) is 49.3 Å². The van der Waals surface area contributed by atoms with E-state index in [0.29, 0.717) is 11.8 Å². The number of fused-ring (bicyclic) bond motifs is 1. The zero-order valence-electron chi connectivity index (χ0n) is 14.0. The van der Waals surface area contributed by atoms with Crippen LogP contribution in [0.25, 0.3) is 10.9 Å². The van der Waals surface area contributed by atoms with E-state index in [1.807, 2.05) is 18.2 Å². The number of carbonyl (C=O) groups is 1. The molecule has 3 heterocycles. The van der Waals surface area contributed by atoms with E-state index in [0.717, 1.165) is 75.0 Å². The fourth-order valence-corrected chi connectivity index (χ4v) is 3.94. The Morgan fingerprint density at radius 3 is 2.71 bits per heavy atom. The van der Waals surface area contributed by atoms with Gasteiger partial charge in [0.25, 0.3) is 0 Å². The van der Waals surface area contributed by atoms with Gasteiger partial charge in [0.05, 0.1) is 5.52 Å². The van der Waals surface area contributed by atoms with Crippen LogP contribution in [-0.4, -0.2) is 47.0 Å². The van der Waals surface area contributed by atoms with E-state index in [-0.39, 0.29) is 0 Å². The lowest BCUT2D eigenvalue weighted by molar-refractivity contribution is -0.134. The van der Waals surface area contributed by atoms with E-state index in [1.54, 1.807) is 6.33 Å². The summed E-state index contributed by atoms with van der Waals surface area (Å²) in [6, 6.07) is 8.20. The molecule has 0 saturated carbocycles. The molecule has 0 unspecified atom stereocenters. The van der Waals surface area contributed by atoms with E-state index in [9.17, 15) is 4.79 Å². The Bertz CT molecular complexity index is 719. The Morgan fingerprint density at radius 1 is 1.04 bits per heavy atom. The highest BCUT2D eigenvalue weighted by atomic mass is 16.2. The lowest BCUT2D eigenvalue weighted by Crippen LogP contribution is -2.42. The molecule has 0 atom stereocenters. The van der Waals surface area contributed by atoms with Crippen LogP contribution in [0.5, 0.6) is 0 Å². The number of likely N-dealkylation sites (tertiary alicyclic amines) is 1. The average Bonchev–Trinajstić information content (AvgIpc) is 2.64. The highest BCUT2D eigenvalue weighted by Gasteiger charge is 2.26. The standard InChI is InChI=1S/C19H24N4O/c24-18-7-3-4-10-23(18)13-15-8-11-22(12-9-15)19-16-5-1-2-6-17(16)20-14-21-19/h1-2,5-6,14-15H,3-4,7-13H2. The van der Waals surface area contributed by atoms with Crippen molar-refractivity contribution in [1.29, 1.82) is 0 Å². The van der Waals surface area contributed by atoms with Crippen molar-refractivity contribution in [1.82, 2.24) is 14.9 Å². The maximum atomic E-state index is 12.0. The van der Waals surface area contributed by atoms with Crippen LogP contribution in [0.3, 0.4) is 0 Å². The number of carbonyl (C=O) groups excluding carboxylic acids is 1. The van der Waals surface area contributed by atoms with Crippen LogP contribution in [0, 0.1) is 5.92 Å². The van der Waals surface area contributed by atoms with Gasteiger partial charge in [-0.3, -0.25) is 4.79 Å². The lowest BCUT2D eigenvalue weighted by atomic mass is 9.95. The lowest BCUT2D eigenvalue weighted by Gasteiger charge is -2.36. The zero-order valence-corrected chi connectivity index (χ0v) is 14.0. The van der Waals surface area contributed by atoms with Crippen LogP contribution >= 0.6 is 0 Å². The number of hydrogen-bond acceptors (Lipinski definition) is 4. The number of para-hydroxylation sites is 1. The normalized spacial score (nSPS) is 19.9. The van der Waals surface area contributed by atoms with Gasteiger partial charge < -0.3 is 9.80 Å². The molecule has 1 aromatic heterocycles. The molecule has 1 amide bonds. The molecule has 5 heteroatoms. The maximum absolute atomic E-state index is 12.0. The van der Waals surface area contributed by atoms with Crippen LogP contribution in [0.1, 0.15) is 32.1 Å². The van der Waals surface area contributed by atoms with Gasteiger partial charge >= 0.3 is 0 Å². The largest absolute Gasteiger partial charge is 0.356 e. The number of benzene rings is 1. The minimum atomic E-state index is 0.352. The first kappa shape index (κ1) is 15.4. The molecule has 5 nitrogen and oxygen atoms in total. The molecule has 2 aliphatic heterocycles. The smallest absolute Gasteiger partial charge is 0.222 e. The molecule has 4 rings (SSSR count). The summed E-state index contributed by atoms with van der Waals surface area (Å²) in [7, 11) is 0. The summed E-state index contributed by atoms with van der Waals surface area (Å²) in [5, 5.41) is 1.13. The van der Waals surface area contributed by atoms with E-state index in [1.165, 1.54) is 0 Å². The second-order valence-corrected chi connectivity index (χ2v) is 6.94. The minimum Gasteiger partial charge on any atom is -0.356 e. The van der Waals surface area contributed by atoms with Gasteiger partial charge in [0.15, 0.2) is 0 Å². The van der Waals surface area contributed by atoms with Gasteiger partial charge in [-0.1, -0.05) is 12.1 Å². The van der Waals surface area contributed by atoms with Gasteiger partial charge in [0.2, 0.25) is 5.91 Å². The van der Waals surface area contributed by atoms with Gasteiger partial charge in [0, 0.05) is 38.0 Å². The van der Waals surface area contributed by atoms with E-state index >= 15 is 0 Å². The fourth-order valence-electron chi connectivity index (χ4n) is 3.94. The van der Waals surface area contributed by atoms with Gasteiger partial charge in [-0.05, 0) is 43.7 Å². The van der Waals surface area contributed by atoms with Gasteiger partial charge in [0.1, 0.15) is 12.1 Å². The van der Waals surface area contributed by atoms with Crippen molar-refractivity contribution in [3.05, 3.63) is 30.6 Å². The van der Waals surface area contributed by atoms with Gasteiger partial charge in [-0.2, -0.15) is 0 Å². The molecular formula is C19H24N4O. The summed E-state index contributed by atoms with van der Waals surface area (Å²) in [6.07, 6.45) is 6.89. The molecule has 0 radical (unpaired) electrons. The number of hydrogen-bond donors (Lipinski definition) is 0. The van der Waals surface area contributed by atoms with E-state index in [2.05, 4.69) is 25.8 Å². The molecular weight excluding hydrogens is 300 g/mol. The predicted molar refractivity (Wildman–Crippen MR) is 94.9 cm³/mol. The summed E-state index contributed by atoms with van der Waals surface area (Å²) >= 11 is 0. The van der Waals surface area contributed by atoms with Crippen molar-refractivity contribution in [3.63, 3.8) is 0 Å². The van der Waals surface area contributed by atoms with Gasteiger partial charge in [-0.25, -0.2) is 9.97 Å². The number of aromatic nitrogens is 2.